The zero-order valence-corrected chi connectivity index (χ0v) is 13.2. The van der Waals surface area contributed by atoms with E-state index >= 15 is 0 Å². The molecule has 0 aliphatic carbocycles. The topological polar surface area (TPSA) is 56.3 Å². The molecule has 0 saturated carbocycles. The number of hydrogen-bond donors (Lipinski definition) is 1. The van der Waals surface area contributed by atoms with E-state index in [4.69, 9.17) is 9.47 Å². The Morgan fingerprint density at radius 1 is 1.14 bits per heavy atom. The van der Waals surface area contributed by atoms with Gasteiger partial charge in [0.05, 0.1) is 19.9 Å². The van der Waals surface area contributed by atoms with Crippen molar-refractivity contribution in [2.45, 2.75) is 20.3 Å². The summed E-state index contributed by atoms with van der Waals surface area (Å²) in [5.41, 5.74) is 2.76. The zero-order valence-electron chi connectivity index (χ0n) is 13.2. The lowest BCUT2D eigenvalue weighted by atomic mass is 10.1. The van der Waals surface area contributed by atoms with Crippen LogP contribution in [0.1, 0.15) is 18.3 Å². The molecule has 0 amide bonds. The minimum absolute atomic E-state index is 0.686. The molecule has 0 atom stereocenters. The van der Waals surface area contributed by atoms with Crippen molar-refractivity contribution in [1.82, 2.24) is 9.97 Å². The molecular formula is C16H21N3O2. The number of para-hydroxylation sites is 1. The molecule has 0 bridgehead atoms. The van der Waals surface area contributed by atoms with Gasteiger partial charge in [-0.25, -0.2) is 9.97 Å². The van der Waals surface area contributed by atoms with Crippen LogP contribution >= 0.6 is 0 Å². The van der Waals surface area contributed by atoms with Crippen LogP contribution < -0.4 is 14.8 Å². The predicted molar refractivity (Wildman–Crippen MR) is 84.2 cm³/mol. The lowest BCUT2D eigenvalue weighted by Crippen LogP contribution is -2.05. The average molecular weight is 287 g/mol. The second-order valence-corrected chi connectivity index (χ2v) is 4.61. The zero-order chi connectivity index (χ0) is 15.4. The minimum atomic E-state index is 0.686. The SMILES string of the molecule is CCc1nc(NC)c(C)c(-c2cccc(OC)c2OC)n1. The summed E-state index contributed by atoms with van der Waals surface area (Å²) in [6.07, 6.45) is 0.772. The highest BCUT2D eigenvalue weighted by Crippen LogP contribution is 2.39. The molecule has 5 heteroatoms. The highest BCUT2D eigenvalue weighted by Gasteiger charge is 2.17. The number of nitrogens with zero attached hydrogens (tertiary/aromatic N) is 2. The van der Waals surface area contributed by atoms with Crippen molar-refractivity contribution in [3.8, 4) is 22.8 Å². The van der Waals surface area contributed by atoms with Crippen molar-refractivity contribution in [2.24, 2.45) is 0 Å². The second-order valence-electron chi connectivity index (χ2n) is 4.61. The summed E-state index contributed by atoms with van der Waals surface area (Å²) in [7, 11) is 5.13. The molecule has 2 rings (SSSR count). The van der Waals surface area contributed by atoms with Gasteiger partial charge in [0, 0.05) is 24.6 Å². The summed E-state index contributed by atoms with van der Waals surface area (Å²) < 4.78 is 10.9. The third-order valence-electron chi connectivity index (χ3n) is 3.40. The first-order chi connectivity index (χ1) is 10.2. The average Bonchev–Trinajstić information content (AvgIpc) is 2.54. The van der Waals surface area contributed by atoms with Gasteiger partial charge in [0.1, 0.15) is 11.6 Å². The van der Waals surface area contributed by atoms with Gasteiger partial charge in [0.15, 0.2) is 11.5 Å². The Morgan fingerprint density at radius 3 is 2.48 bits per heavy atom. The summed E-state index contributed by atoms with van der Waals surface area (Å²) in [6.45, 7) is 4.04. The van der Waals surface area contributed by atoms with Crippen LogP contribution in [0.2, 0.25) is 0 Å². The highest BCUT2D eigenvalue weighted by molar-refractivity contribution is 5.76. The maximum Gasteiger partial charge on any atom is 0.170 e. The number of benzene rings is 1. The maximum atomic E-state index is 5.52. The molecule has 0 unspecified atom stereocenters. The van der Waals surface area contributed by atoms with E-state index in [0.717, 1.165) is 34.9 Å². The van der Waals surface area contributed by atoms with Gasteiger partial charge < -0.3 is 14.8 Å². The number of aromatic nitrogens is 2. The van der Waals surface area contributed by atoms with E-state index < -0.39 is 0 Å². The monoisotopic (exact) mass is 287 g/mol. The van der Waals surface area contributed by atoms with E-state index in [1.165, 1.54) is 0 Å². The van der Waals surface area contributed by atoms with Gasteiger partial charge in [0.25, 0.3) is 0 Å². The predicted octanol–water partition coefficient (Wildman–Crippen LogP) is 3.07. The Hall–Kier alpha value is -2.30. The largest absolute Gasteiger partial charge is 0.493 e. The Bertz CT molecular complexity index is 642. The van der Waals surface area contributed by atoms with Crippen molar-refractivity contribution < 1.29 is 9.47 Å². The van der Waals surface area contributed by atoms with Gasteiger partial charge in [0.2, 0.25) is 0 Å². The van der Waals surface area contributed by atoms with Crippen molar-refractivity contribution in [3.63, 3.8) is 0 Å². The molecule has 5 nitrogen and oxygen atoms in total. The number of hydrogen-bond acceptors (Lipinski definition) is 5. The fourth-order valence-electron chi connectivity index (χ4n) is 2.30. The number of rotatable bonds is 5. The van der Waals surface area contributed by atoms with Crippen molar-refractivity contribution in [1.29, 1.82) is 0 Å². The van der Waals surface area contributed by atoms with Crippen LogP contribution in [0, 0.1) is 6.92 Å². The molecule has 0 aliphatic heterocycles. The molecule has 112 valence electrons. The van der Waals surface area contributed by atoms with Crippen molar-refractivity contribution >= 4 is 5.82 Å². The molecule has 0 aliphatic rings. The Kier molecular flexibility index (Phi) is 4.62. The molecule has 0 saturated heterocycles. The van der Waals surface area contributed by atoms with Gasteiger partial charge in [-0.1, -0.05) is 13.0 Å². The molecule has 0 fully saturated rings. The number of aryl methyl sites for hydroxylation is 1. The quantitative estimate of drug-likeness (QED) is 0.916. The van der Waals surface area contributed by atoms with E-state index in [0.29, 0.717) is 11.5 Å². The summed E-state index contributed by atoms with van der Waals surface area (Å²) in [6, 6.07) is 5.79. The second kappa shape index (κ2) is 6.43. The van der Waals surface area contributed by atoms with Crippen LogP contribution in [0.4, 0.5) is 5.82 Å². The lowest BCUT2D eigenvalue weighted by Gasteiger charge is -2.16. The molecule has 21 heavy (non-hydrogen) atoms. The van der Waals surface area contributed by atoms with Crippen LogP contribution in [0.3, 0.4) is 0 Å². The van der Waals surface area contributed by atoms with E-state index in [1.54, 1.807) is 14.2 Å². The van der Waals surface area contributed by atoms with Crippen LogP contribution in [-0.4, -0.2) is 31.2 Å². The first-order valence-electron chi connectivity index (χ1n) is 6.92. The fraction of sp³-hybridized carbons (Fsp3) is 0.375. The smallest absolute Gasteiger partial charge is 0.170 e. The summed E-state index contributed by atoms with van der Waals surface area (Å²) in [4.78, 5) is 9.17. The highest BCUT2D eigenvalue weighted by atomic mass is 16.5. The Morgan fingerprint density at radius 2 is 1.90 bits per heavy atom. The standard InChI is InChI=1S/C16H21N3O2/c1-6-13-18-14(10(2)16(17-3)19-13)11-8-7-9-12(20-4)15(11)21-5/h7-9H,6H2,1-5H3,(H,17,18,19). The summed E-state index contributed by atoms with van der Waals surface area (Å²) >= 11 is 0. The van der Waals surface area contributed by atoms with Crippen LogP contribution in [0.25, 0.3) is 11.3 Å². The Labute approximate surface area is 125 Å². The third kappa shape index (κ3) is 2.77. The lowest BCUT2D eigenvalue weighted by molar-refractivity contribution is 0.356. The van der Waals surface area contributed by atoms with E-state index in [1.807, 2.05) is 39.1 Å². The van der Waals surface area contributed by atoms with Crippen LogP contribution in [0.5, 0.6) is 11.5 Å². The molecule has 1 N–H and O–H groups in total. The number of anilines is 1. The van der Waals surface area contributed by atoms with Gasteiger partial charge in [-0.05, 0) is 19.1 Å². The molecular weight excluding hydrogens is 266 g/mol. The normalized spacial score (nSPS) is 10.3. The van der Waals surface area contributed by atoms with Gasteiger partial charge >= 0.3 is 0 Å². The number of methoxy groups -OCH3 is 2. The van der Waals surface area contributed by atoms with Crippen LogP contribution in [0.15, 0.2) is 18.2 Å². The molecule has 1 aromatic heterocycles. The Balaban J connectivity index is 2.72. The van der Waals surface area contributed by atoms with Crippen molar-refractivity contribution in [2.75, 3.05) is 26.6 Å². The van der Waals surface area contributed by atoms with Crippen LogP contribution in [-0.2, 0) is 6.42 Å². The number of nitrogens with one attached hydrogen (secondary N) is 1. The van der Waals surface area contributed by atoms with Crippen molar-refractivity contribution in [3.05, 3.63) is 29.6 Å². The maximum absolute atomic E-state index is 5.52. The van der Waals surface area contributed by atoms with E-state index in [-0.39, 0.29) is 0 Å². The molecule has 0 spiro atoms. The minimum Gasteiger partial charge on any atom is -0.493 e. The van der Waals surface area contributed by atoms with Gasteiger partial charge in [-0.15, -0.1) is 0 Å². The molecule has 1 heterocycles. The molecule has 0 radical (unpaired) electrons. The summed E-state index contributed by atoms with van der Waals surface area (Å²) in [5.74, 6) is 3.01. The van der Waals surface area contributed by atoms with Gasteiger partial charge in [-0.2, -0.15) is 0 Å². The molecule has 1 aromatic carbocycles. The molecule has 2 aromatic rings. The van der Waals surface area contributed by atoms with Gasteiger partial charge in [-0.3, -0.25) is 0 Å². The fourth-order valence-corrected chi connectivity index (χ4v) is 2.30. The first kappa shape index (κ1) is 15.1. The third-order valence-corrected chi connectivity index (χ3v) is 3.40. The summed E-state index contributed by atoms with van der Waals surface area (Å²) in [5, 5.41) is 3.12. The number of ether oxygens (including phenoxy) is 2. The van der Waals surface area contributed by atoms with E-state index in [2.05, 4.69) is 15.3 Å². The van der Waals surface area contributed by atoms with E-state index in [9.17, 15) is 0 Å². The first-order valence-corrected chi connectivity index (χ1v) is 6.92.